The molecule has 0 aliphatic carbocycles. The van der Waals surface area contributed by atoms with Gasteiger partial charge in [-0.3, -0.25) is 4.79 Å². The molecule has 0 saturated heterocycles. The molecule has 5 heteroatoms. The molecule has 0 radical (unpaired) electrons. The fourth-order valence-electron chi connectivity index (χ4n) is 1.29. The maximum absolute atomic E-state index is 11.5. The van der Waals surface area contributed by atoms with Crippen molar-refractivity contribution in [2.24, 2.45) is 11.8 Å². The summed E-state index contributed by atoms with van der Waals surface area (Å²) < 4.78 is 5.03. The van der Waals surface area contributed by atoms with Crippen molar-refractivity contribution >= 4 is 5.97 Å². The predicted octanol–water partition coefficient (Wildman–Crippen LogP) is 1.46. The first-order chi connectivity index (χ1) is 7.76. The summed E-state index contributed by atoms with van der Waals surface area (Å²) in [5.74, 6) is 3.45. The number of hydrogen-bond acceptors (Lipinski definition) is 5. The fraction of sp³-hybridized carbons (Fsp3) is 0.909. The number of unbranched alkanes of at least 4 members (excludes halogenated alkanes) is 1. The molecule has 0 aromatic heterocycles. The molecule has 0 aromatic carbocycles. The summed E-state index contributed by atoms with van der Waals surface area (Å²) in [6, 6.07) is 0. The van der Waals surface area contributed by atoms with Crippen molar-refractivity contribution in [3.05, 3.63) is 0 Å². The highest BCUT2D eigenvalue weighted by atomic mass is 16.5. The summed E-state index contributed by atoms with van der Waals surface area (Å²) >= 11 is 0. The van der Waals surface area contributed by atoms with Crippen LogP contribution in [0.15, 0.2) is 0 Å². The van der Waals surface area contributed by atoms with Gasteiger partial charge < -0.3 is 15.1 Å². The molecule has 98 valence electrons. The van der Waals surface area contributed by atoms with Gasteiger partial charge in [-0.15, -0.1) is 0 Å². The van der Waals surface area contributed by atoms with Crippen LogP contribution in [0.5, 0.6) is 0 Å². The van der Waals surface area contributed by atoms with E-state index in [0.29, 0.717) is 13.0 Å². The molecule has 0 bridgehead atoms. The van der Waals surface area contributed by atoms with E-state index in [0.717, 1.165) is 25.7 Å². The molecule has 4 N–H and O–H groups in total. The van der Waals surface area contributed by atoms with Gasteiger partial charge in [-0.05, 0) is 12.8 Å². The first kappa shape index (κ1) is 17.7. The standard InChI is InChI=1S/C11H22O3.H3NO/c1-3-5-7-10(4-2)11(13)14-9-6-8-12;1-2/h10,12H,3-9H2,1-2H3;2H,1H2. The number of aliphatic hydroxyl groups excluding tert-OH is 1. The molecular weight excluding hydrogens is 210 g/mol. The molecule has 5 nitrogen and oxygen atoms in total. The highest BCUT2D eigenvalue weighted by molar-refractivity contribution is 5.72. The van der Waals surface area contributed by atoms with Crippen LogP contribution in [0.4, 0.5) is 0 Å². The third-order valence-electron chi connectivity index (χ3n) is 2.28. The molecule has 16 heavy (non-hydrogen) atoms. The predicted molar refractivity (Wildman–Crippen MR) is 61.9 cm³/mol. The molecule has 0 heterocycles. The van der Waals surface area contributed by atoms with Crippen LogP contribution in [0, 0.1) is 5.92 Å². The van der Waals surface area contributed by atoms with Crippen molar-refractivity contribution < 1.29 is 19.8 Å². The zero-order chi connectivity index (χ0) is 12.8. The number of carbonyl (C=O) groups excluding carboxylic acids is 1. The van der Waals surface area contributed by atoms with Gasteiger partial charge >= 0.3 is 5.97 Å². The highest BCUT2D eigenvalue weighted by Crippen LogP contribution is 2.14. The maximum atomic E-state index is 11.5. The SMILES string of the molecule is CCCCC(CC)C(=O)OCCCO.NO. The monoisotopic (exact) mass is 235 g/mol. The minimum absolute atomic E-state index is 0.0497. The smallest absolute Gasteiger partial charge is 0.308 e. The van der Waals surface area contributed by atoms with Crippen LogP contribution in [0.1, 0.15) is 46.0 Å². The van der Waals surface area contributed by atoms with E-state index in [1.165, 1.54) is 0 Å². The quantitative estimate of drug-likeness (QED) is 0.336. The van der Waals surface area contributed by atoms with Crippen LogP contribution in [0.3, 0.4) is 0 Å². The Balaban J connectivity index is 0. The summed E-state index contributed by atoms with van der Waals surface area (Å²) in [6.07, 6.45) is 4.49. The van der Waals surface area contributed by atoms with Crippen molar-refractivity contribution in [2.45, 2.75) is 46.0 Å². The molecule has 1 unspecified atom stereocenters. The zero-order valence-electron chi connectivity index (χ0n) is 10.3. The maximum Gasteiger partial charge on any atom is 0.308 e. The van der Waals surface area contributed by atoms with Gasteiger partial charge in [0.05, 0.1) is 12.5 Å². The lowest BCUT2D eigenvalue weighted by atomic mass is 10.00. The Bertz CT molecular complexity index is 153. The molecule has 0 aromatic rings. The first-order valence-corrected chi connectivity index (χ1v) is 5.79. The van der Waals surface area contributed by atoms with E-state index in [9.17, 15) is 4.79 Å². The molecule has 0 rings (SSSR count). The van der Waals surface area contributed by atoms with Gasteiger partial charge in [0.1, 0.15) is 0 Å². The van der Waals surface area contributed by atoms with Gasteiger partial charge in [0.2, 0.25) is 0 Å². The molecular formula is C11H25NO4. The topological polar surface area (TPSA) is 92.8 Å². The number of hydrogen-bond donors (Lipinski definition) is 3. The minimum Gasteiger partial charge on any atom is -0.465 e. The second kappa shape index (κ2) is 14.3. The van der Waals surface area contributed by atoms with Crippen LogP contribution in [0.2, 0.25) is 0 Å². The summed E-state index contributed by atoms with van der Waals surface area (Å²) in [7, 11) is 0. The molecule has 0 spiro atoms. The molecule has 0 aliphatic rings. The van der Waals surface area contributed by atoms with Crippen molar-refractivity contribution in [3.8, 4) is 0 Å². The Morgan fingerprint density at radius 3 is 2.38 bits per heavy atom. The van der Waals surface area contributed by atoms with E-state index in [-0.39, 0.29) is 18.5 Å². The lowest BCUT2D eigenvalue weighted by Gasteiger charge is -2.13. The van der Waals surface area contributed by atoms with Crippen LogP contribution in [0.25, 0.3) is 0 Å². The number of carbonyl (C=O) groups is 1. The van der Waals surface area contributed by atoms with Gasteiger partial charge in [0.15, 0.2) is 0 Å². The van der Waals surface area contributed by atoms with Crippen molar-refractivity contribution in [1.29, 1.82) is 0 Å². The average Bonchev–Trinajstić information content (AvgIpc) is 2.33. The Kier molecular flexibility index (Phi) is 15.9. The van der Waals surface area contributed by atoms with Crippen LogP contribution in [-0.4, -0.2) is 29.5 Å². The lowest BCUT2D eigenvalue weighted by molar-refractivity contribution is -0.149. The van der Waals surface area contributed by atoms with Gasteiger partial charge in [0, 0.05) is 13.0 Å². The Morgan fingerprint density at radius 2 is 1.94 bits per heavy atom. The molecule has 0 fully saturated rings. The summed E-state index contributed by atoms with van der Waals surface area (Å²) in [5.41, 5.74) is 0. The number of aliphatic hydroxyl groups is 1. The van der Waals surface area contributed by atoms with E-state index in [1.807, 2.05) is 6.92 Å². The lowest BCUT2D eigenvalue weighted by Crippen LogP contribution is -2.18. The fourth-order valence-corrected chi connectivity index (χ4v) is 1.29. The van der Waals surface area contributed by atoms with Crippen molar-refractivity contribution in [3.63, 3.8) is 0 Å². The summed E-state index contributed by atoms with van der Waals surface area (Å²) in [6.45, 7) is 4.55. The van der Waals surface area contributed by atoms with Gasteiger partial charge in [-0.1, -0.05) is 26.7 Å². The highest BCUT2D eigenvalue weighted by Gasteiger charge is 2.16. The van der Waals surface area contributed by atoms with E-state index >= 15 is 0 Å². The zero-order valence-corrected chi connectivity index (χ0v) is 10.3. The third kappa shape index (κ3) is 9.89. The van der Waals surface area contributed by atoms with Crippen molar-refractivity contribution in [2.75, 3.05) is 13.2 Å². The summed E-state index contributed by atoms with van der Waals surface area (Å²) in [5, 5.41) is 15.0. The Labute approximate surface area is 97.6 Å². The van der Waals surface area contributed by atoms with Gasteiger partial charge in [-0.2, -0.15) is 0 Å². The van der Waals surface area contributed by atoms with Crippen LogP contribution < -0.4 is 5.90 Å². The van der Waals surface area contributed by atoms with E-state index < -0.39 is 0 Å². The first-order valence-electron chi connectivity index (χ1n) is 5.79. The Hall–Kier alpha value is -0.650. The summed E-state index contributed by atoms with van der Waals surface area (Å²) in [4.78, 5) is 11.5. The largest absolute Gasteiger partial charge is 0.465 e. The number of nitrogens with two attached hydrogens (primary N) is 1. The molecule has 0 aliphatic heterocycles. The van der Waals surface area contributed by atoms with E-state index in [2.05, 4.69) is 12.8 Å². The van der Waals surface area contributed by atoms with Crippen molar-refractivity contribution in [1.82, 2.24) is 0 Å². The number of rotatable bonds is 8. The van der Waals surface area contributed by atoms with Crippen LogP contribution >= 0.6 is 0 Å². The Morgan fingerprint density at radius 1 is 1.31 bits per heavy atom. The molecule has 1 atom stereocenters. The van der Waals surface area contributed by atoms with E-state index in [4.69, 9.17) is 15.1 Å². The number of ether oxygens (including phenoxy) is 1. The second-order valence-electron chi connectivity index (χ2n) is 3.49. The second-order valence-corrected chi connectivity index (χ2v) is 3.49. The number of esters is 1. The average molecular weight is 235 g/mol. The van der Waals surface area contributed by atoms with E-state index in [1.54, 1.807) is 0 Å². The molecule has 0 amide bonds. The third-order valence-corrected chi connectivity index (χ3v) is 2.28. The van der Waals surface area contributed by atoms with Gasteiger partial charge in [0.25, 0.3) is 0 Å². The minimum atomic E-state index is -0.102. The van der Waals surface area contributed by atoms with Gasteiger partial charge in [-0.25, -0.2) is 5.90 Å². The normalized spacial score (nSPS) is 11.3. The molecule has 0 saturated carbocycles. The van der Waals surface area contributed by atoms with Crippen LogP contribution in [-0.2, 0) is 9.53 Å².